The smallest absolute Gasteiger partial charge is 0.242 e. The molecule has 2 aromatic heterocycles. The normalized spacial score (nSPS) is 10.8. The average molecular weight is 251 g/mol. The second kappa shape index (κ2) is 3.34. The molecular formula is C6HCl3N4O. The number of halogens is 3. The molecule has 2 aromatic rings. The summed E-state index contributed by atoms with van der Waals surface area (Å²) in [6.07, 6.45) is 0. The Morgan fingerprint density at radius 3 is 2.07 bits per heavy atom. The van der Waals surface area contributed by atoms with E-state index in [4.69, 9.17) is 34.8 Å². The lowest BCUT2D eigenvalue weighted by molar-refractivity contribution is 0.458. The van der Waals surface area contributed by atoms with E-state index in [-0.39, 0.29) is 32.6 Å². The van der Waals surface area contributed by atoms with Crippen molar-refractivity contribution in [3.63, 3.8) is 0 Å². The van der Waals surface area contributed by atoms with E-state index in [2.05, 4.69) is 19.9 Å². The summed E-state index contributed by atoms with van der Waals surface area (Å²) in [5.41, 5.74) is 0.230. The molecule has 72 valence electrons. The molecule has 0 aliphatic rings. The fraction of sp³-hybridized carbons (Fsp3) is 0. The Kier molecular flexibility index (Phi) is 2.30. The topological polar surface area (TPSA) is 71.8 Å². The first kappa shape index (κ1) is 9.64. The first-order valence-corrected chi connectivity index (χ1v) is 4.46. The van der Waals surface area contributed by atoms with Crippen LogP contribution < -0.4 is 0 Å². The number of aromatic nitrogens is 4. The number of nitrogens with zero attached hydrogens (tertiary/aromatic N) is 4. The van der Waals surface area contributed by atoms with Gasteiger partial charge in [-0.25, -0.2) is 15.0 Å². The quantitative estimate of drug-likeness (QED) is 0.573. The molecule has 14 heavy (non-hydrogen) atoms. The molecule has 0 bridgehead atoms. The second-order valence-electron chi connectivity index (χ2n) is 2.30. The molecule has 0 spiro atoms. The number of fused-ring (bicyclic) bond motifs is 1. The van der Waals surface area contributed by atoms with Crippen LogP contribution in [0.2, 0.25) is 15.7 Å². The van der Waals surface area contributed by atoms with Crippen molar-refractivity contribution in [1.29, 1.82) is 0 Å². The van der Waals surface area contributed by atoms with Crippen LogP contribution in [0.25, 0.3) is 11.0 Å². The SMILES string of the molecule is Oc1nc(Cl)nc2c(Cl)nc(Cl)nc12. The van der Waals surface area contributed by atoms with Gasteiger partial charge in [-0.05, 0) is 23.2 Å². The van der Waals surface area contributed by atoms with Crippen molar-refractivity contribution in [3.05, 3.63) is 15.7 Å². The summed E-state index contributed by atoms with van der Waals surface area (Å²) < 4.78 is 0. The summed E-state index contributed by atoms with van der Waals surface area (Å²) in [4.78, 5) is 14.6. The summed E-state index contributed by atoms with van der Waals surface area (Å²) >= 11 is 16.7. The Morgan fingerprint density at radius 2 is 1.36 bits per heavy atom. The monoisotopic (exact) mass is 250 g/mol. The highest BCUT2D eigenvalue weighted by Gasteiger charge is 2.12. The zero-order valence-corrected chi connectivity index (χ0v) is 8.64. The van der Waals surface area contributed by atoms with Gasteiger partial charge in [0.05, 0.1) is 0 Å². The van der Waals surface area contributed by atoms with Crippen LogP contribution in [0.15, 0.2) is 0 Å². The molecule has 0 aromatic carbocycles. The summed E-state index contributed by atoms with van der Waals surface area (Å²) in [5, 5.41) is 9.14. The number of rotatable bonds is 0. The molecule has 0 aliphatic heterocycles. The third kappa shape index (κ3) is 1.54. The lowest BCUT2D eigenvalue weighted by atomic mass is 10.4. The van der Waals surface area contributed by atoms with E-state index in [1.165, 1.54) is 0 Å². The van der Waals surface area contributed by atoms with Crippen molar-refractivity contribution in [2.45, 2.75) is 0 Å². The first-order chi connectivity index (χ1) is 6.58. The summed E-state index contributed by atoms with van der Waals surface area (Å²) in [5.74, 6) is -0.383. The van der Waals surface area contributed by atoms with Crippen LogP contribution in [0.5, 0.6) is 5.88 Å². The van der Waals surface area contributed by atoms with E-state index in [1.54, 1.807) is 0 Å². The van der Waals surface area contributed by atoms with Crippen LogP contribution in [-0.2, 0) is 0 Å². The number of hydrogen-bond donors (Lipinski definition) is 1. The van der Waals surface area contributed by atoms with Gasteiger partial charge in [-0.1, -0.05) is 11.6 Å². The Morgan fingerprint density at radius 1 is 0.786 bits per heavy atom. The molecule has 0 saturated carbocycles. The van der Waals surface area contributed by atoms with Crippen LogP contribution in [0.1, 0.15) is 0 Å². The molecule has 8 heteroatoms. The minimum Gasteiger partial charge on any atom is -0.492 e. The zero-order valence-electron chi connectivity index (χ0n) is 6.37. The van der Waals surface area contributed by atoms with Gasteiger partial charge in [-0.15, -0.1) is 0 Å². The fourth-order valence-corrected chi connectivity index (χ4v) is 1.50. The van der Waals surface area contributed by atoms with Crippen molar-refractivity contribution in [2.24, 2.45) is 0 Å². The van der Waals surface area contributed by atoms with Gasteiger partial charge in [0.25, 0.3) is 0 Å². The maximum atomic E-state index is 9.36. The second-order valence-corrected chi connectivity index (χ2v) is 3.33. The minimum absolute atomic E-state index is 0.0135. The maximum absolute atomic E-state index is 9.36. The Labute approximate surface area is 92.7 Å². The van der Waals surface area contributed by atoms with Crippen molar-refractivity contribution in [2.75, 3.05) is 0 Å². The van der Waals surface area contributed by atoms with Crippen molar-refractivity contribution in [1.82, 2.24) is 19.9 Å². The average Bonchev–Trinajstić information content (AvgIpc) is 2.07. The Bertz CT molecular complexity index is 471. The van der Waals surface area contributed by atoms with Gasteiger partial charge in [0.1, 0.15) is 5.52 Å². The summed E-state index contributed by atoms with van der Waals surface area (Å²) in [6.45, 7) is 0. The van der Waals surface area contributed by atoms with E-state index < -0.39 is 0 Å². The summed E-state index contributed by atoms with van der Waals surface area (Å²) in [7, 11) is 0. The largest absolute Gasteiger partial charge is 0.492 e. The lowest BCUT2D eigenvalue weighted by Crippen LogP contribution is -1.93. The zero-order chi connectivity index (χ0) is 10.3. The summed E-state index contributed by atoms with van der Waals surface area (Å²) in [6, 6.07) is 0. The van der Waals surface area contributed by atoms with Gasteiger partial charge in [-0.2, -0.15) is 4.98 Å². The predicted molar refractivity (Wildman–Crippen MR) is 51.8 cm³/mol. The maximum Gasteiger partial charge on any atom is 0.242 e. The Hall–Kier alpha value is -0.910. The lowest BCUT2D eigenvalue weighted by Gasteiger charge is -2.00. The Balaban J connectivity index is 2.94. The standard InChI is InChI=1S/C6HCl3N4O/c7-3-1-2(11-5(8)12-3)4(14)13-6(9)10-1/h(H,10,13,14). The highest BCUT2D eigenvalue weighted by atomic mass is 35.5. The molecule has 0 radical (unpaired) electrons. The number of aromatic hydroxyl groups is 1. The molecule has 5 nitrogen and oxygen atoms in total. The molecule has 1 N–H and O–H groups in total. The molecular weight excluding hydrogens is 250 g/mol. The number of hydrogen-bond acceptors (Lipinski definition) is 5. The van der Waals surface area contributed by atoms with E-state index >= 15 is 0 Å². The van der Waals surface area contributed by atoms with Crippen molar-refractivity contribution in [3.8, 4) is 5.88 Å². The van der Waals surface area contributed by atoms with Crippen LogP contribution >= 0.6 is 34.8 Å². The third-order valence-corrected chi connectivity index (χ3v) is 2.03. The van der Waals surface area contributed by atoms with E-state index in [9.17, 15) is 5.11 Å². The van der Waals surface area contributed by atoms with Crippen LogP contribution in [-0.4, -0.2) is 25.0 Å². The van der Waals surface area contributed by atoms with Gasteiger partial charge < -0.3 is 5.11 Å². The van der Waals surface area contributed by atoms with Crippen molar-refractivity contribution < 1.29 is 5.11 Å². The predicted octanol–water partition coefficient (Wildman–Crippen LogP) is 2.09. The fourth-order valence-electron chi connectivity index (χ4n) is 0.914. The molecule has 0 atom stereocenters. The molecule has 0 amide bonds. The molecule has 0 saturated heterocycles. The van der Waals surface area contributed by atoms with Gasteiger partial charge >= 0.3 is 0 Å². The third-order valence-electron chi connectivity index (χ3n) is 1.43. The van der Waals surface area contributed by atoms with Crippen LogP contribution in [0, 0.1) is 0 Å². The van der Waals surface area contributed by atoms with Crippen LogP contribution in [0.4, 0.5) is 0 Å². The molecule has 0 aliphatic carbocycles. The van der Waals surface area contributed by atoms with Gasteiger partial charge in [-0.3, -0.25) is 0 Å². The molecule has 0 unspecified atom stereocenters. The highest BCUT2D eigenvalue weighted by molar-refractivity contribution is 6.36. The van der Waals surface area contributed by atoms with Gasteiger partial charge in [0.15, 0.2) is 10.7 Å². The molecule has 2 heterocycles. The van der Waals surface area contributed by atoms with E-state index in [0.29, 0.717) is 0 Å². The van der Waals surface area contributed by atoms with E-state index in [1.807, 2.05) is 0 Å². The highest BCUT2D eigenvalue weighted by Crippen LogP contribution is 2.26. The molecule has 2 rings (SSSR count). The van der Waals surface area contributed by atoms with Gasteiger partial charge in [0, 0.05) is 0 Å². The van der Waals surface area contributed by atoms with Gasteiger partial charge in [0.2, 0.25) is 16.4 Å². The molecule has 0 fully saturated rings. The van der Waals surface area contributed by atoms with Crippen LogP contribution in [0.3, 0.4) is 0 Å². The first-order valence-electron chi connectivity index (χ1n) is 3.33. The van der Waals surface area contributed by atoms with Crippen molar-refractivity contribution >= 4 is 45.8 Å². The van der Waals surface area contributed by atoms with E-state index in [0.717, 1.165) is 0 Å². The minimum atomic E-state index is -0.383.